The summed E-state index contributed by atoms with van der Waals surface area (Å²) in [7, 11) is 0. The molecule has 0 aromatic carbocycles. The predicted octanol–water partition coefficient (Wildman–Crippen LogP) is -0.728. The zero-order valence-electron chi connectivity index (χ0n) is 7.11. The minimum atomic E-state index is -0.910. The lowest BCUT2D eigenvalue weighted by Gasteiger charge is -2.07. The van der Waals surface area contributed by atoms with Gasteiger partial charge in [0.1, 0.15) is 12.6 Å². The van der Waals surface area contributed by atoms with Crippen LogP contribution < -0.4 is 5.32 Å². The van der Waals surface area contributed by atoms with E-state index in [1.165, 1.54) is 13.3 Å². The highest BCUT2D eigenvalue weighted by Crippen LogP contribution is 2.03. The summed E-state index contributed by atoms with van der Waals surface area (Å²) < 4.78 is 0. The molecule has 70 valence electrons. The monoisotopic (exact) mass is 182 g/mol. The molecular formula is C7H10N4O2. The van der Waals surface area contributed by atoms with Crippen LogP contribution in [0.5, 0.6) is 0 Å². The topological polar surface area (TPSA) is 90.9 Å². The van der Waals surface area contributed by atoms with Gasteiger partial charge in [0.2, 0.25) is 0 Å². The van der Waals surface area contributed by atoms with Crippen LogP contribution in [0.2, 0.25) is 0 Å². The maximum atomic E-state index is 11.2. The van der Waals surface area contributed by atoms with Gasteiger partial charge >= 0.3 is 0 Å². The van der Waals surface area contributed by atoms with Gasteiger partial charge in [-0.05, 0) is 6.92 Å². The Morgan fingerprint density at radius 3 is 3.00 bits per heavy atom. The number of carbonyl (C=O) groups is 1. The second kappa shape index (κ2) is 3.81. The third kappa shape index (κ3) is 2.38. The molecule has 1 aromatic heterocycles. The van der Waals surface area contributed by atoms with Crippen molar-refractivity contribution in [1.29, 1.82) is 0 Å². The zero-order valence-corrected chi connectivity index (χ0v) is 7.11. The molecule has 0 radical (unpaired) electrons. The SMILES string of the molecule is C=C(C(=O)NC(C)O)c1ncn[nH]1. The minimum Gasteiger partial charge on any atom is -0.374 e. The van der Waals surface area contributed by atoms with Crippen LogP contribution >= 0.6 is 0 Å². The summed E-state index contributed by atoms with van der Waals surface area (Å²) in [5.74, 6) is -0.190. The number of aliphatic hydroxyl groups is 1. The number of nitrogens with zero attached hydrogens (tertiary/aromatic N) is 2. The molecule has 0 aliphatic heterocycles. The van der Waals surface area contributed by atoms with Gasteiger partial charge in [-0.3, -0.25) is 9.89 Å². The Balaban J connectivity index is 2.64. The quantitative estimate of drug-likeness (QED) is 0.424. The number of rotatable bonds is 3. The second-order valence-electron chi connectivity index (χ2n) is 2.46. The summed E-state index contributed by atoms with van der Waals surface area (Å²) in [5, 5.41) is 17.2. The van der Waals surface area contributed by atoms with Gasteiger partial charge in [0.25, 0.3) is 5.91 Å². The van der Waals surface area contributed by atoms with E-state index < -0.39 is 12.1 Å². The second-order valence-corrected chi connectivity index (χ2v) is 2.46. The fourth-order valence-electron chi connectivity index (χ4n) is 0.735. The van der Waals surface area contributed by atoms with Crippen molar-refractivity contribution < 1.29 is 9.90 Å². The number of aromatic nitrogens is 3. The van der Waals surface area contributed by atoms with Crippen LogP contribution in [-0.2, 0) is 4.79 Å². The fourth-order valence-corrected chi connectivity index (χ4v) is 0.735. The molecule has 0 aliphatic rings. The normalized spacial score (nSPS) is 12.2. The van der Waals surface area contributed by atoms with Crippen molar-refractivity contribution in [3.8, 4) is 0 Å². The molecule has 0 aliphatic carbocycles. The van der Waals surface area contributed by atoms with Gasteiger partial charge in [-0.15, -0.1) is 0 Å². The minimum absolute atomic E-state index is 0.137. The van der Waals surface area contributed by atoms with Crippen molar-refractivity contribution in [1.82, 2.24) is 20.5 Å². The summed E-state index contributed by atoms with van der Waals surface area (Å²) in [6.45, 7) is 4.93. The number of hydrogen-bond acceptors (Lipinski definition) is 4. The van der Waals surface area contributed by atoms with Crippen molar-refractivity contribution in [3.05, 3.63) is 18.7 Å². The lowest BCUT2D eigenvalue weighted by Crippen LogP contribution is -2.32. The molecule has 1 aromatic rings. The molecule has 1 rings (SSSR count). The van der Waals surface area contributed by atoms with Crippen molar-refractivity contribution in [3.63, 3.8) is 0 Å². The van der Waals surface area contributed by atoms with Crippen LogP contribution in [0.15, 0.2) is 12.9 Å². The highest BCUT2D eigenvalue weighted by Gasteiger charge is 2.12. The van der Waals surface area contributed by atoms with Crippen LogP contribution in [0.1, 0.15) is 12.7 Å². The van der Waals surface area contributed by atoms with Crippen molar-refractivity contribution in [2.45, 2.75) is 13.2 Å². The Labute approximate surface area is 74.7 Å². The Morgan fingerprint density at radius 2 is 2.54 bits per heavy atom. The average molecular weight is 182 g/mol. The molecule has 0 spiro atoms. The van der Waals surface area contributed by atoms with Crippen LogP contribution in [-0.4, -0.2) is 32.4 Å². The molecule has 0 saturated carbocycles. The van der Waals surface area contributed by atoms with E-state index >= 15 is 0 Å². The summed E-state index contributed by atoms with van der Waals surface area (Å²) >= 11 is 0. The average Bonchev–Trinajstić information content (AvgIpc) is 2.53. The van der Waals surface area contributed by atoms with Crippen molar-refractivity contribution in [2.75, 3.05) is 0 Å². The summed E-state index contributed by atoms with van der Waals surface area (Å²) in [6, 6.07) is 0. The van der Waals surface area contributed by atoms with Gasteiger partial charge in [-0.2, -0.15) is 5.10 Å². The van der Waals surface area contributed by atoms with Crippen LogP contribution in [0, 0.1) is 0 Å². The molecular weight excluding hydrogens is 172 g/mol. The maximum absolute atomic E-state index is 11.2. The third-order valence-corrected chi connectivity index (χ3v) is 1.31. The van der Waals surface area contributed by atoms with Crippen molar-refractivity contribution in [2.24, 2.45) is 0 Å². The van der Waals surface area contributed by atoms with Crippen LogP contribution in [0.25, 0.3) is 5.57 Å². The largest absolute Gasteiger partial charge is 0.374 e. The lowest BCUT2D eigenvalue weighted by molar-refractivity contribution is -0.118. The van der Waals surface area contributed by atoms with Gasteiger partial charge in [0.05, 0.1) is 5.57 Å². The molecule has 1 atom stereocenters. The number of hydrogen-bond donors (Lipinski definition) is 3. The van der Waals surface area contributed by atoms with Crippen molar-refractivity contribution >= 4 is 11.5 Å². The molecule has 6 heteroatoms. The van der Waals surface area contributed by atoms with E-state index in [-0.39, 0.29) is 11.4 Å². The van der Waals surface area contributed by atoms with Gasteiger partial charge in [0.15, 0.2) is 5.82 Å². The summed E-state index contributed by atoms with van der Waals surface area (Å²) in [6.07, 6.45) is 0.364. The highest BCUT2D eigenvalue weighted by molar-refractivity contribution is 6.17. The Morgan fingerprint density at radius 1 is 1.85 bits per heavy atom. The molecule has 1 heterocycles. The van der Waals surface area contributed by atoms with E-state index in [1.807, 2.05) is 0 Å². The van der Waals surface area contributed by atoms with E-state index in [2.05, 4.69) is 27.1 Å². The molecule has 3 N–H and O–H groups in total. The van der Waals surface area contributed by atoms with Crippen LogP contribution in [0.4, 0.5) is 0 Å². The first-order chi connectivity index (χ1) is 6.11. The van der Waals surface area contributed by atoms with Gasteiger partial charge < -0.3 is 10.4 Å². The number of aliphatic hydroxyl groups excluding tert-OH is 1. The van der Waals surface area contributed by atoms with Gasteiger partial charge in [-0.1, -0.05) is 6.58 Å². The van der Waals surface area contributed by atoms with Gasteiger partial charge in [0, 0.05) is 0 Å². The maximum Gasteiger partial charge on any atom is 0.256 e. The molecule has 0 saturated heterocycles. The number of nitrogens with one attached hydrogen (secondary N) is 2. The standard InChI is InChI=1S/C7H10N4O2/c1-4(6-8-3-9-11-6)7(13)10-5(2)12/h3,5,12H,1H2,2H3,(H,10,13)(H,8,9,11). The fraction of sp³-hybridized carbons (Fsp3) is 0.286. The molecule has 0 fully saturated rings. The molecule has 1 amide bonds. The third-order valence-electron chi connectivity index (χ3n) is 1.31. The molecule has 1 unspecified atom stereocenters. The van der Waals surface area contributed by atoms with E-state index in [9.17, 15) is 4.79 Å². The molecule has 0 bridgehead atoms. The smallest absolute Gasteiger partial charge is 0.256 e. The Hall–Kier alpha value is -1.69. The first kappa shape index (κ1) is 9.40. The summed E-state index contributed by atoms with van der Waals surface area (Å²) in [4.78, 5) is 14.9. The predicted molar refractivity (Wildman–Crippen MR) is 45.2 cm³/mol. The number of amides is 1. The lowest BCUT2D eigenvalue weighted by atomic mass is 10.2. The molecule has 13 heavy (non-hydrogen) atoms. The number of H-pyrrole nitrogens is 1. The van der Waals surface area contributed by atoms with E-state index in [0.29, 0.717) is 0 Å². The Kier molecular flexibility index (Phi) is 2.76. The molecule has 6 nitrogen and oxygen atoms in total. The first-order valence-corrected chi connectivity index (χ1v) is 3.65. The summed E-state index contributed by atoms with van der Waals surface area (Å²) in [5.41, 5.74) is 0.137. The zero-order chi connectivity index (χ0) is 9.84. The number of carbonyl (C=O) groups excluding carboxylic acids is 1. The number of aromatic amines is 1. The van der Waals surface area contributed by atoms with E-state index in [4.69, 9.17) is 5.11 Å². The first-order valence-electron chi connectivity index (χ1n) is 3.65. The van der Waals surface area contributed by atoms with E-state index in [0.717, 1.165) is 0 Å². The van der Waals surface area contributed by atoms with Gasteiger partial charge in [-0.25, -0.2) is 4.98 Å². The van der Waals surface area contributed by atoms with E-state index in [1.54, 1.807) is 0 Å². The Bertz CT molecular complexity index is 304. The van der Waals surface area contributed by atoms with Crippen LogP contribution in [0.3, 0.4) is 0 Å². The highest BCUT2D eigenvalue weighted by atomic mass is 16.3.